The third-order valence-electron chi connectivity index (χ3n) is 1.82. The lowest BCUT2D eigenvalue weighted by molar-refractivity contribution is 0.488. The van der Waals surface area contributed by atoms with Crippen LogP contribution in [0.25, 0.3) is 0 Å². The molecule has 0 aliphatic rings. The van der Waals surface area contributed by atoms with Crippen molar-refractivity contribution >= 4 is 10.1 Å². The van der Waals surface area contributed by atoms with Crippen LogP contribution in [0.1, 0.15) is 11.1 Å². The summed E-state index contributed by atoms with van der Waals surface area (Å²) in [5.74, 6) is 2.81. The van der Waals surface area contributed by atoms with Crippen LogP contribution in [-0.2, 0) is 16.5 Å². The van der Waals surface area contributed by atoms with Gasteiger partial charge in [0.05, 0.1) is 6.26 Å². The van der Waals surface area contributed by atoms with E-state index in [4.69, 9.17) is 10.6 Å². The van der Waals surface area contributed by atoms with Crippen molar-refractivity contribution in [3.8, 4) is 18.1 Å². The summed E-state index contributed by atoms with van der Waals surface area (Å²) in [6.07, 6.45) is 6.55. The Morgan fingerprint density at radius 3 is 2.67 bits per heavy atom. The van der Waals surface area contributed by atoms with E-state index in [-0.39, 0.29) is 0 Å². The SMILES string of the molecule is C#CCc1cccc(C)c1OS(C)(=O)=O. The minimum atomic E-state index is -3.51. The standard InChI is InChI=1S/C11H12O3S/c1-4-6-10-8-5-7-9(2)11(10)14-15(3,12)13/h1,5,7-8H,6H2,2-3H3. The van der Waals surface area contributed by atoms with Gasteiger partial charge in [0.2, 0.25) is 0 Å². The van der Waals surface area contributed by atoms with Crippen molar-refractivity contribution in [2.75, 3.05) is 6.26 Å². The van der Waals surface area contributed by atoms with Crippen LogP contribution in [0.15, 0.2) is 18.2 Å². The highest BCUT2D eigenvalue weighted by Crippen LogP contribution is 2.24. The molecule has 1 aromatic carbocycles. The van der Waals surface area contributed by atoms with Gasteiger partial charge >= 0.3 is 10.1 Å². The summed E-state index contributed by atoms with van der Waals surface area (Å²) in [5, 5.41) is 0. The molecule has 0 fully saturated rings. The van der Waals surface area contributed by atoms with Crippen molar-refractivity contribution < 1.29 is 12.6 Å². The first-order valence-corrected chi connectivity index (χ1v) is 6.17. The fourth-order valence-electron chi connectivity index (χ4n) is 1.23. The van der Waals surface area contributed by atoms with Gasteiger partial charge in [0, 0.05) is 12.0 Å². The van der Waals surface area contributed by atoms with Gasteiger partial charge in [-0.05, 0) is 12.5 Å². The lowest BCUT2D eigenvalue weighted by Gasteiger charge is -2.10. The maximum absolute atomic E-state index is 11.0. The minimum Gasteiger partial charge on any atom is -0.382 e. The molecule has 0 heterocycles. The van der Waals surface area contributed by atoms with Gasteiger partial charge in [-0.25, -0.2) is 0 Å². The summed E-state index contributed by atoms with van der Waals surface area (Å²) in [6, 6.07) is 5.35. The highest BCUT2D eigenvalue weighted by atomic mass is 32.2. The average Bonchev–Trinajstić information content (AvgIpc) is 2.10. The van der Waals surface area contributed by atoms with Gasteiger partial charge < -0.3 is 4.18 Å². The van der Waals surface area contributed by atoms with Gasteiger partial charge in [0.1, 0.15) is 5.75 Å². The van der Waals surface area contributed by atoms with E-state index in [9.17, 15) is 8.42 Å². The van der Waals surface area contributed by atoms with Crippen molar-refractivity contribution in [1.29, 1.82) is 0 Å². The Kier molecular flexibility index (Phi) is 3.38. The molecule has 0 saturated heterocycles. The zero-order chi connectivity index (χ0) is 11.5. The number of benzene rings is 1. The van der Waals surface area contributed by atoms with E-state index in [2.05, 4.69) is 5.92 Å². The fraction of sp³-hybridized carbons (Fsp3) is 0.273. The van der Waals surface area contributed by atoms with Crippen LogP contribution in [0.2, 0.25) is 0 Å². The maximum atomic E-state index is 11.0. The monoisotopic (exact) mass is 224 g/mol. The quantitative estimate of drug-likeness (QED) is 0.577. The molecule has 0 saturated carbocycles. The average molecular weight is 224 g/mol. The van der Waals surface area contributed by atoms with Crippen molar-refractivity contribution in [3.05, 3.63) is 29.3 Å². The molecule has 0 bridgehead atoms. The minimum absolute atomic E-state index is 0.345. The molecular formula is C11H12O3S. The van der Waals surface area contributed by atoms with Crippen LogP contribution >= 0.6 is 0 Å². The third kappa shape index (κ3) is 3.30. The number of aryl methyl sites for hydroxylation is 1. The second-order valence-electron chi connectivity index (χ2n) is 3.23. The smallest absolute Gasteiger partial charge is 0.306 e. The number of terminal acetylenes is 1. The van der Waals surface area contributed by atoms with Crippen LogP contribution in [0.5, 0.6) is 5.75 Å². The fourth-order valence-corrected chi connectivity index (χ4v) is 1.77. The molecule has 1 aromatic rings. The maximum Gasteiger partial charge on any atom is 0.306 e. The van der Waals surface area contributed by atoms with Gasteiger partial charge in [0.15, 0.2) is 0 Å². The highest BCUT2D eigenvalue weighted by molar-refractivity contribution is 7.86. The lowest BCUT2D eigenvalue weighted by atomic mass is 10.1. The Labute approximate surface area is 90.2 Å². The third-order valence-corrected chi connectivity index (χ3v) is 2.29. The van der Waals surface area contributed by atoms with Gasteiger partial charge in [-0.2, -0.15) is 8.42 Å². The van der Waals surface area contributed by atoms with E-state index in [0.717, 1.165) is 11.8 Å². The number of rotatable bonds is 3. The van der Waals surface area contributed by atoms with E-state index in [0.29, 0.717) is 17.7 Å². The highest BCUT2D eigenvalue weighted by Gasteiger charge is 2.11. The largest absolute Gasteiger partial charge is 0.382 e. The van der Waals surface area contributed by atoms with Crippen molar-refractivity contribution in [1.82, 2.24) is 0 Å². The molecule has 0 atom stereocenters. The first-order chi connectivity index (χ1) is 6.94. The molecule has 0 unspecified atom stereocenters. The predicted octanol–water partition coefficient (Wildman–Crippen LogP) is 1.51. The Morgan fingerprint density at radius 2 is 2.13 bits per heavy atom. The summed E-state index contributed by atoms with van der Waals surface area (Å²) in [4.78, 5) is 0. The van der Waals surface area contributed by atoms with Gasteiger partial charge in [-0.1, -0.05) is 18.2 Å². The normalized spacial score (nSPS) is 10.7. The lowest BCUT2D eigenvalue weighted by Crippen LogP contribution is -2.08. The van der Waals surface area contributed by atoms with Crippen LogP contribution < -0.4 is 4.18 Å². The van der Waals surface area contributed by atoms with Crippen LogP contribution in [0, 0.1) is 19.3 Å². The van der Waals surface area contributed by atoms with E-state index in [1.54, 1.807) is 19.1 Å². The molecule has 1 rings (SSSR count). The first-order valence-electron chi connectivity index (χ1n) is 4.35. The Hall–Kier alpha value is -1.47. The summed E-state index contributed by atoms with van der Waals surface area (Å²) in [6.45, 7) is 1.78. The molecule has 0 aromatic heterocycles. The van der Waals surface area contributed by atoms with Gasteiger partial charge in [-0.15, -0.1) is 12.3 Å². The topological polar surface area (TPSA) is 43.4 Å². The molecule has 0 N–H and O–H groups in total. The summed E-state index contributed by atoms with van der Waals surface area (Å²) in [5.41, 5.74) is 1.47. The second kappa shape index (κ2) is 4.37. The molecule has 3 nitrogen and oxygen atoms in total. The molecular weight excluding hydrogens is 212 g/mol. The Bertz CT molecular complexity index is 495. The van der Waals surface area contributed by atoms with Crippen LogP contribution in [0.4, 0.5) is 0 Å². The summed E-state index contributed by atoms with van der Waals surface area (Å²) < 4.78 is 27.0. The van der Waals surface area contributed by atoms with E-state index in [1.165, 1.54) is 0 Å². The molecule has 4 heteroatoms. The van der Waals surface area contributed by atoms with Crippen LogP contribution in [0.3, 0.4) is 0 Å². The van der Waals surface area contributed by atoms with Crippen molar-refractivity contribution in [2.24, 2.45) is 0 Å². The first kappa shape index (κ1) is 11.6. The number of hydrogen-bond donors (Lipinski definition) is 0. The number of para-hydroxylation sites is 1. The van der Waals surface area contributed by atoms with Crippen molar-refractivity contribution in [2.45, 2.75) is 13.3 Å². The molecule has 15 heavy (non-hydrogen) atoms. The summed E-state index contributed by atoms with van der Waals surface area (Å²) >= 11 is 0. The molecule has 0 aliphatic heterocycles. The van der Waals surface area contributed by atoms with E-state index >= 15 is 0 Å². The number of hydrogen-bond acceptors (Lipinski definition) is 3. The van der Waals surface area contributed by atoms with Crippen LogP contribution in [-0.4, -0.2) is 14.7 Å². The van der Waals surface area contributed by atoms with E-state index in [1.807, 2.05) is 6.07 Å². The molecule has 0 spiro atoms. The molecule has 0 amide bonds. The predicted molar refractivity (Wildman–Crippen MR) is 59.2 cm³/mol. The zero-order valence-electron chi connectivity index (χ0n) is 8.65. The Morgan fingerprint density at radius 1 is 1.47 bits per heavy atom. The zero-order valence-corrected chi connectivity index (χ0v) is 9.47. The second-order valence-corrected chi connectivity index (χ2v) is 4.81. The van der Waals surface area contributed by atoms with E-state index < -0.39 is 10.1 Å². The summed E-state index contributed by atoms with van der Waals surface area (Å²) in [7, 11) is -3.51. The van der Waals surface area contributed by atoms with Gasteiger partial charge in [-0.3, -0.25) is 0 Å². The van der Waals surface area contributed by atoms with Crippen molar-refractivity contribution in [3.63, 3.8) is 0 Å². The molecule has 0 aliphatic carbocycles. The molecule has 80 valence electrons. The molecule has 0 radical (unpaired) electrons. The Balaban J connectivity index is 3.20. The van der Waals surface area contributed by atoms with Gasteiger partial charge in [0.25, 0.3) is 0 Å².